The van der Waals surface area contributed by atoms with E-state index < -0.39 is 146 Å². The molecule has 0 radical (unpaired) electrons. The molecule has 1 aliphatic carbocycles. The predicted octanol–water partition coefficient (Wildman–Crippen LogP) is 11.7. The van der Waals surface area contributed by atoms with Crippen molar-refractivity contribution < 1.29 is 177 Å². The fourth-order valence-corrected chi connectivity index (χ4v) is 19.1. The highest BCUT2D eigenvalue weighted by molar-refractivity contribution is 7.81. The summed E-state index contributed by atoms with van der Waals surface area (Å²) in [5, 5.41) is 116. The third-order valence-electron chi connectivity index (χ3n) is 19.1. The van der Waals surface area contributed by atoms with Crippen molar-refractivity contribution in [2.75, 3.05) is 32.7 Å². The summed E-state index contributed by atoms with van der Waals surface area (Å²) >= 11 is 0. The van der Waals surface area contributed by atoms with Gasteiger partial charge in [-0.3, -0.25) is 57.6 Å². The van der Waals surface area contributed by atoms with Crippen LogP contribution in [0.15, 0.2) is 331 Å². The van der Waals surface area contributed by atoms with Crippen LogP contribution in [0.1, 0.15) is 53.3 Å². The van der Waals surface area contributed by atoms with E-state index in [4.69, 9.17) is 80.9 Å². The Morgan fingerprint density at radius 3 is 0.965 bits per heavy atom. The van der Waals surface area contributed by atoms with Gasteiger partial charge in [0.1, 0.15) is 25.0 Å². The van der Waals surface area contributed by atoms with E-state index in [2.05, 4.69) is 294 Å². The number of hydroxylamine groups is 4. The molecule has 1 aliphatic rings. The van der Waals surface area contributed by atoms with E-state index in [1.807, 2.05) is 12.1 Å². The maximum Gasteiger partial charge on any atom is 0.369 e. The van der Waals surface area contributed by atoms with Crippen LogP contribution in [0.25, 0.3) is 54.5 Å². The van der Waals surface area contributed by atoms with Gasteiger partial charge in [-0.2, -0.15) is 0 Å². The van der Waals surface area contributed by atoms with Gasteiger partial charge in [-0.05, 0) is 124 Å². The molecule has 0 bridgehead atoms. The van der Waals surface area contributed by atoms with Crippen LogP contribution in [0.4, 0.5) is 0 Å². The molecule has 0 spiro atoms. The highest BCUT2D eigenvalue weighted by Crippen LogP contribution is 2.67. The quantitative estimate of drug-likeness (QED) is 0.00425. The summed E-state index contributed by atoms with van der Waals surface area (Å²) < 4.78 is 20.5. The van der Waals surface area contributed by atoms with Gasteiger partial charge < -0.3 is 100 Å². The number of aliphatic carboxylic acids is 8. The van der Waals surface area contributed by atoms with Gasteiger partial charge in [0.25, 0.3) is 5.08 Å². The van der Waals surface area contributed by atoms with Crippen LogP contribution >= 0.6 is 31.0 Å². The number of rotatable bonds is 39. The predicted molar refractivity (Wildman–Crippen MR) is 516 cm³/mol. The maximum atomic E-state index is 10.6. The van der Waals surface area contributed by atoms with Crippen LogP contribution in [-0.4, -0.2) is 209 Å². The molecule has 0 saturated carbocycles. The average molecular weight is 2020 g/mol. The molecular formula is C96H97N5O36P4. The van der Waals surface area contributed by atoms with Gasteiger partial charge in [0.15, 0.2) is 12.1 Å². The van der Waals surface area contributed by atoms with Crippen molar-refractivity contribution in [3.63, 3.8) is 0 Å². The molecule has 742 valence electrons. The second-order valence-electron chi connectivity index (χ2n) is 28.9. The van der Waals surface area contributed by atoms with Gasteiger partial charge >= 0.3 is 74.9 Å². The maximum absolute atomic E-state index is 10.6. The standard InChI is InChI=1S/C44H32P2.C12H8N2.C10H16N2O8.C8H10O4.C8H6O4.C6H9NO6.C6H8O7.C2H8O7P2/c1-5-19-35(20-6-1)45(36-21-7-2-8-22-36)41-31-29-33-17-13-15-27-39(33)43(41)44-40-28-16-14-18-34(40)30-32-42(44)46(37-23-9-3-10-24-37)38-25-11-4-12-26-38;1-3-9-5-6-10-4-2-8-14-12(10)11(9)13-7-1;1-3-17-19-12(20-18-4-2)6-5-11(7-9(13)14)8-10(15)16;2*9-7(10)5-3-1-2-4-6(5)8(11)12;1-3-10-12-7(5-6(8)9)13-11-4-2;7-3(8)1-6(13,5(11)12)2-4(9)10;1-2(3,10(4,5)6)11(7,8)9/h1-32H;1-8H;3-4H,1-2,5-8H2,(H,13,14)(H,15,16);1-2,5-6H,3-4H2,(H,9,10)(H,11,12);1-4H,(H,9,10)(H,11,12);3-4H,1-2,5H2,(H,8,9);13H,1-2H2,(H,7,8)(H,9,10)(H,11,12);3H,1H3,(H2,4,5,6)(H2,7,8,9). The minimum absolute atomic E-state index is 0.000391. The van der Waals surface area contributed by atoms with Gasteiger partial charge in [-0.25, -0.2) is 14.4 Å². The highest BCUT2D eigenvalue weighted by Gasteiger charge is 2.55. The lowest BCUT2D eigenvalue weighted by Gasteiger charge is -2.28. The molecule has 2 atom stereocenters. The molecule has 45 heteroatoms. The van der Waals surface area contributed by atoms with Crippen molar-refractivity contribution in [2.45, 2.75) is 43.3 Å². The number of carboxylic acids is 10. The smallest absolute Gasteiger partial charge is 0.369 e. The molecule has 2 aromatic heterocycles. The Morgan fingerprint density at radius 1 is 0.383 bits per heavy atom. The Hall–Kier alpha value is -15.1. The van der Waals surface area contributed by atoms with Gasteiger partial charge in [-0.1, -0.05) is 289 Å². The van der Waals surface area contributed by atoms with Crippen LogP contribution in [0.5, 0.6) is 0 Å². The molecule has 0 saturated heterocycles. The molecule has 0 amide bonds. The van der Waals surface area contributed by atoms with Crippen molar-refractivity contribution in [3.8, 4) is 11.1 Å². The number of hydrogen-bond donors (Lipinski definition) is 16. The summed E-state index contributed by atoms with van der Waals surface area (Å²) in [7, 11) is -12.1. The van der Waals surface area contributed by atoms with E-state index in [1.165, 1.54) is 88.8 Å². The number of benzene rings is 10. The summed E-state index contributed by atoms with van der Waals surface area (Å²) in [4.78, 5) is 181. The second-order valence-corrected chi connectivity index (χ2v) is 37.5. The number of nitrogens with zero attached hydrogens (tertiary/aromatic N) is 5. The minimum atomic E-state index is -5.20. The number of carbonyl (C=O) groups is 10. The van der Waals surface area contributed by atoms with Gasteiger partial charge in [0.2, 0.25) is 0 Å². The number of pyridine rings is 2. The summed E-state index contributed by atoms with van der Waals surface area (Å²) in [6.07, 6.45) is 9.22. The number of fused-ring (bicyclic) bond motifs is 5. The van der Waals surface area contributed by atoms with Gasteiger partial charge in [0, 0.05) is 40.2 Å². The summed E-state index contributed by atoms with van der Waals surface area (Å²) in [5.41, 5.74) is 1.54. The lowest BCUT2D eigenvalue weighted by molar-refractivity contribution is -0.581. The first kappa shape index (κ1) is 115. The van der Waals surface area contributed by atoms with Crippen molar-refractivity contribution in [3.05, 3.63) is 342 Å². The number of carboxylic acid groups (broad SMARTS) is 10. The van der Waals surface area contributed by atoms with Gasteiger partial charge in [0.05, 0.1) is 66.5 Å². The molecule has 13 rings (SSSR count). The molecule has 16 N–H and O–H groups in total. The molecule has 0 fully saturated rings. The first-order valence-corrected chi connectivity index (χ1v) is 47.0. The van der Waals surface area contributed by atoms with Crippen molar-refractivity contribution in [1.82, 2.24) is 25.3 Å². The van der Waals surface area contributed by atoms with E-state index in [1.54, 1.807) is 24.5 Å². The Labute approximate surface area is 805 Å². The normalized spacial score (nSPS) is 12.5. The number of allylic oxidation sites excluding steroid dienone is 2. The van der Waals surface area contributed by atoms with Crippen LogP contribution < -0.4 is 31.8 Å². The van der Waals surface area contributed by atoms with E-state index in [0.29, 0.717) is 30.2 Å². The van der Waals surface area contributed by atoms with Crippen LogP contribution in [0.3, 0.4) is 0 Å². The fourth-order valence-electron chi connectivity index (χ4n) is 12.8. The first-order chi connectivity index (χ1) is 67.0. The molecule has 0 aliphatic heterocycles. The number of aliphatic hydroxyl groups is 2. The Balaban J connectivity index is 0.000000269. The highest BCUT2D eigenvalue weighted by atomic mass is 31.2. The zero-order valence-corrected chi connectivity index (χ0v) is 78.1. The number of hydrogen-bond acceptors (Lipinski definition) is 27. The monoisotopic (exact) mass is 2020 g/mol. The van der Waals surface area contributed by atoms with Gasteiger partial charge in [-0.15, -0.1) is 0 Å². The first-order valence-electron chi connectivity index (χ1n) is 41.1. The second kappa shape index (κ2) is 57.3. The molecule has 10 aromatic carbocycles. The molecule has 41 nitrogen and oxygen atoms in total. The topological polar surface area (TPSA) is 638 Å². The lowest BCUT2D eigenvalue weighted by atomic mass is 9.83. The van der Waals surface area contributed by atoms with Crippen LogP contribution in [-0.2, 0) is 87.0 Å². The minimum Gasteiger partial charge on any atom is -0.481 e. The Bertz CT molecular complexity index is 5970. The summed E-state index contributed by atoms with van der Waals surface area (Å²) in [6, 6.07) is 89.4. The van der Waals surface area contributed by atoms with E-state index in [9.17, 15) is 57.1 Å². The molecule has 141 heavy (non-hydrogen) atoms. The SMILES string of the molecule is C=COON(CC(=O)O)OOC=C.C=COON(CCN(CC(=O)O)CC(=O)O)OOC=C.CC(O)(P(=O)(O)O)P(=O)(O)O.O=C(O)C1CC=CCC1C(=O)O.O=C(O)CC(O)(CC(=O)O)C(=O)O.O=C(O)c1ccccc1C(=O)O.c1ccc(P(c2ccccc2)c2ccc3ccccc3c2-c2c(P(c3ccccc3)c3ccccc3)ccc3ccccc23)cc1.c1cnc2c(c1)ccc1cccnc12. The summed E-state index contributed by atoms with van der Waals surface area (Å²) in [6.45, 7) is 11.6. The van der Waals surface area contributed by atoms with E-state index in [-0.39, 0.29) is 24.2 Å². The zero-order chi connectivity index (χ0) is 104. The Kier molecular flexibility index (Phi) is 46.6. The molecule has 2 heterocycles. The molecule has 12 aromatic rings. The molecule has 2 unspecified atom stereocenters. The van der Waals surface area contributed by atoms with E-state index in [0.717, 1.165) is 51.8 Å². The lowest BCUT2D eigenvalue weighted by Crippen LogP contribution is -2.42. The van der Waals surface area contributed by atoms with Crippen molar-refractivity contribution in [1.29, 1.82) is 0 Å². The average Bonchev–Trinajstić information content (AvgIpc) is 0.729. The van der Waals surface area contributed by atoms with Crippen LogP contribution in [0, 0.1) is 11.8 Å². The largest absolute Gasteiger partial charge is 0.481 e. The Morgan fingerprint density at radius 2 is 0.681 bits per heavy atom. The third kappa shape index (κ3) is 36.0. The molecular weight excluding hydrogens is 1920 g/mol. The number of aromatic nitrogens is 2. The fraction of sp³-hybridized carbons (Fsp3) is 0.146. The van der Waals surface area contributed by atoms with Crippen molar-refractivity contribution in [2.24, 2.45) is 11.8 Å². The van der Waals surface area contributed by atoms with Crippen molar-refractivity contribution >= 4 is 166 Å². The van der Waals surface area contributed by atoms with Crippen LogP contribution in [0.2, 0.25) is 0 Å². The van der Waals surface area contributed by atoms with E-state index >= 15 is 0 Å². The third-order valence-corrected chi connectivity index (χ3v) is 27.9. The zero-order valence-electron chi connectivity index (χ0n) is 74.6. The summed E-state index contributed by atoms with van der Waals surface area (Å²) in [5.74, 6) is -14.6. The number of aromatic carboxylic acids is 2.